The molecule has 0 spiro atoms. The molecule has 0 aliphatic heterocycles. The Morgan fingerprint density at radius 3 is 2.05 bits per heavy atom. The summed E-state index contributed by atoms with van der Waals surface area (Å²) in [6.07, 6.45) is 0.798. The van der Waals surface area contributed by atoms with Crippen molar-refractivity contribution in [3.63, 3.8) is 0 Å². The molecular formula is C17H26N2O3. The van der Waals surface area contributed by atoms with E-state index < -0.39 is 0 Å². The smallest absolute Gasteiger partial charge is 0.224 e. The Morgan fingerprint density at radius 2 is 1.55 bits per heavy atom. The number of ether oxygens (including phenoxy) is 1. The van der Waals surface area contributed by atoms with Crippen molar-refractivity contribution >= 4 is 11.8 Å². The van der Waals surface area contributed by atoms with Gasteiger partial charge in [-0.1, -0.05) is 32.9 Å². The normalized spacial score (nSPS) is 10.9. The summed E-state index contributed by atoms with van der Waals surface area (Å²) in [5.41, 5.74) is 0.900. The Morgan fingerprint density at radius 1 is 1.00 bits per heavy atom. The van der Waals surface area contributed by atoms with Gasteiger partial charge in [-0.25, -0.2) is 0 Å². The molecule has 0 bridgehead atoms. The van der Waals surface area contributed by atoms with Crippen LogP contribution in [0.1, 0.15) is 32.8 Å². The molecule has 0 saturated heterocycles. The van der Waals surface area contributed by atoms with Crippen LogP contribution < -0.4 is 15.4 Å². The lowest BCUT2D eigenvalue weighted by Gasteiger charge is -2.17. The Hall–Kier alpha value is -2.04. The zero-order valence-electron chi connectivity index (χ0n) is 13.9. The van der Waals surface area contributed by atoms with Crippen LogP contribution >= 0.6 is 0 Å². The number of benzene rings is 1. The summed E-state index contributed by atoms with van der Waals surface area (Å²) < 4.78 is 5.07. The van der Waals surface area contributed by atoms with E-state index in [4.69, 9.17) is 4.74 Å². The fourth-order valence-corrected chi connectivity index (χ4v) is 1.94. The van der Waals surface area contributed by atoms with E-state index in [1.165, 1.54) is 0 Å². The van der Waals surface area contributed by atoms with Crippen molar-refractivity contribution in [2.75, 3.05) is 20.2 Å². The minimum absolute atomic E-state index is 0.0110. The molecule has 5 heteroatoms. The van der Waals surface area contributed by atoms with Crippen LogP contribution in [0.2, 0.25) is 0 Å². The first-order chi connectivity index (χ1) is 10.3. The Labute approximate surface area is 132 Å². The number of hydrogen-bond donors (Lipinski definition) is 2. The summed E-state index contributed by atoms with van der Waals surface area (Å²) in [4.78, 5) is 23.4. The molecule has 2 amide bonds. The summed E-state index contributed by atoms with van der Waals surface area (Å²) in [5, 5.41) is 5.60. The third kappa shape index (κ3) is 7.67. The fraction of sp³-hybridized carbons (Fsp3) is 0.529. The first-order valence-corrected chi connectivity index (χ1v) is 7.46. The lowest BCUT2D eigenvalue weighted by atomic mass is 9.92. The van der Waals surface area contributed by atoms with Gasteiger partial charge in [-0.3, -0.25) is 9.59 Å². The third-order valence-electron chi connectivity index (χ3n) is 2.98. The maximum Gasteiger partial charge on any atom is 0.224 e. The highest BCUT2D eigenvalue weighted by atomic mass is 16.5. The lowest BCUT2D eigenvalue weighted by molar-refractivity contribution is -0.123. The number of nitrogens with one attached hydrogen (secondary N) is 2. The maximum atomic E-state index is 11.8. The average molecular weight is 306 g/mol. The second-order valence-corrected chi connectivity index (χ2v) is 6.46. The van der Waals surface area contributed by atoms with Crippen molar-refractivity contribution in [1.29, 1.82) is 0 Å². The van der Waals surface area contributed by atoms with Crippen LogP contribution in [-0.4, -0.2) is 32.0 Å². The molecule has 22 heavy (non-hydrogen) atoms. The SMILES string of the molecule is COc1ccc(CC(=O)NCCNC(=O)CC(C)(C)C)cc1. The van der Waals surface area contributed by atoms with Gasteiger partial charge in [0.15, 0.2) is 0 Å². The van der Waals surface area contributed by atoms with Crippen LogP contribution in [0.15, 0.2) is 24.3 Å². The van der Waals surface area contributed by atoms with Crippen molar-refractivity contribution in [3.8, 4) is 5.75 Å². The minimum atomic E-state index is -0.0600. The van der Waals surface area contributed by atoms with E-state index in [9.17, 15) is 9.59 Å². The Kier molecular flexibility index (Phi) is 6.89. The maximum absolute atomic E-state index is 11.8. The van der Waals surface area contributed by atoms with Gasteiger partial charge in [0.25, 0.3) is 0 Å². The summed E-state index contributed by atoms with van der Waals surface area (Å²) in [6.45, 7) is 6.93. The Balaban J connectivity index is 2.21. The topological polar surface area (TPSA) is 67.4 Å². The average Bonchev–Trinajstić information content (AvgIpc) is 2.42. The number of carbonyl (C=O) groups excluding carboxylic acids is 2. The molecule has 1 aromatic carbocycles. The lowest BCUT2D eigenvalue weighted by Crippen LogP contribution is -2.36. The predicted octanol–water partition coefficient (Wildman–Crippen LogP) is 1.91. The molecule has 0 heterocycles. The van der Waals surface area contributed by atoms with Gasteiger partial charge in [-0.2, -0.15) is 0 Å². The highest BCUT2D eigenvalue weighted by Crippen LogP contribution is 2.17. The molecule has 0 aromatic heterocycles. The highest BCUT2D eigenvalue weighted by Gasteiger charge is 2.15. The van der Waals surface area contributed by atoms with Gasteiger partial charge in [0.1, 0.15) is 5.75 Å². The first-order valence-electron chi connectivity index (χ1n) is 7.46. The summed E-state index contributed by atoms with van der Waals surface area (Å²) in [6, 6.07) is 7.39. The molecule has 1 rings (SSSR count). The van der Waals surface area contributed by atoms with Gasteiger partial charge in [0.2, 0.25) is 11.8 Å². The zero-order valence-corrected chi connectivity index (χ0v) is 13.9. The second-order valence-electron chi connectivity index (χ2n) is 6.46. The van der Waals surface area contributed by atoms with E-state index in [1.807, 2.05) is 45.0 Å². The summed E-state index contributed by atoms with van der Waals surface area (Å²) >= 11 is 0. The van der Waals surface area contributed by atoms with Crippen molar-refractivity contribution in [3.05, 3.63) is 29.8 Å². The number of carbonyl (C=O) groups is 2. The third-order valence-corrected chi connectivity index (χ3v) is 2.98. The quantitative estimate of drug-likeness (QED) is 0.756. The van der Waals surface area contributed by atoms with Crippen molar-refractivity contribution in [2.24, 2.45) is 5.41 Å². The van der Waals surface area contributed by atoms with Crippen molar-refractivity contribution in [2.45, 2.75) is 33.6 Å². The molecule has 5 nitrogen and oxygen atoms in total. The van der Waals surface area contributed by atoms with Gasteiger partial charge in [0.05, 0.1) is 13.5 Å². The summed E-state index contributed by atoms with van der Waals surface area (Å²) in [5.74, 6) is 0.720. The molecule has 122 valence electrons. The molecule has 0 aliphatic rings. The van der Waals surface area contributed by atoms with Crippen LogP contribution in [0.5, 0.6) is 5.75 Å². The largest absolute Gasteiger partial charge is 0.497 e. The number of methoxy groups -OCH3 is 1. The van der Waals surface area contributed by atoms with Crippen molar-refractivity contribution in [1.82, 2.24) is 10.6 Å². The van der Waals surface area contributed by atoms with Crippen LogP contribution in [0.25, 0.3) is 0 Å². The molecule has 0 atom stereocenters. The molecule has 0 radical (unpaired) electrons. The van der Waals surface area contributed by atoms with Gasteiger partial charge < -0.3 is 15.4 Å². The van der Waals surface area contributed by atoms with E-state index in [0.29, 0.717) is 25.9 Å². The van der Waals surface area contributed by atoms with Crippen LogP contribution in [0, 0.1) is 5.41 Å². The molecular weight excluding hydrogens is 280 g/mol. The fourth-order valence-electron chi connectivity index (χ4n) is 1.94. The molecule has 0 unspecified atom stereocenters. The highest BCUT2D eigenvalue weighted by molar-refractivity contribution is 5.79. The van der Waals surface area contributed by atoms with Crippen LogP contribution in [0.4, 0.5) is 0 Å². The second kappa shape index (κ2) is 8.41. The van der Waals surface area contributed by atoms with Crippen molar-refractivity contribution < 1.29 is 14.3 Å². The van der Waals surface area contributed by atoms with E-state index in [0.717, 1.165) is 11.3 Å². The zero-order chi connectivity index (χ0) is 16.6. The molecule has 1 aromatic rings. The van der Waals surface area contributed by atoms with Gasteiger partial charge in [0, 0.05) is 19.5 Å². The van der Waals surface area contributed by atoms with E-state index in [1.54, 1.807) is 7.11 Å². The number of rotatable bonds is 7. The molecule has 0 fully saturated rings. The number of amides is 2. The standard InChI is InChI=1S/C17H26N2O3/c1-17(2,3)12-16(21)19-10-9-18-15(20)11-13-5-7-14(22-4)8-6-13/h5-8H,9-12H2,1-4H3,(H,18,20)(H,19,21). The van der Waals surface area contributed by atoms with Gasteiger partial charge in [-0.15, -0.1) is 0 Å². The summed E-state index contributed by atoms with van der Waals surface area (Å²) in [7, 11) is 1.61. The Bertz CT molecular complexity index is 490. The monoisotopic (exact) mass is 306 g/mol. The van der Waals surface area contributed by atoms with E-state index >= 15 is 0 Å². The molecule has 0 saturated carbocycles. The first kappa shape index (κ1) is 18.0. The predicted molar refractivity (Wildman–Crippen MR) is 86.8 cm³/mol. The number of hydrogen-bond acceptors (Lipinski definition) is 3. The van der Waals surface area contributed by atoms with E-state index in [-0.39, 0.29) is 17.2 Å². The molecule has 0 aliphatic carbocycles. The van der Waals surface area contributed by atoms with E-state index in [2.05, 4.69) is 10.6 Å². The van der Waals surface area contributed by atoms with Gasteiger partial charge >= 0.3 is 0 Å². The molecule has 2 N–H and O–H groups in total. The van der Waals surface area contributed by atoms with Gasteiger partial charge in [-0.05, 0) is 23.1 Å². The minimum Gasteiger partial charge on any atom is -0.497 e. The van der Waals surface area contributed by atoms with Crippen LogP contribution in [0.3, 0.4) is 0 Å². The van der Waals surface area contributed by atoms with Crippen LogP contribution in [-0.2, 0) is 16.0 Å².